The van der Waals surface area contributed by atoms with Crippen molar-refractivity contribution in [1.82, 2.24) is 5.32 Å². The molecule has 1 aliphatic carbocycles. The Kier molecular flexibility index (Phi) is 4.32. The van der Waals surface area contributed by atoms with Crippen LogP contribution in [0.1, 0.15) is 40.4 Å². The molecular weight excluding hydrogens is 350 g/mol. The van der Waals surface area contributed by atoms with Gasteiger partial charge in [0.1, 0.15) is 0 Å². The molecule has 1 amide bonds. The number of rotatable bonds is 2. The Morgan fingerprint density at radius 3 is 2.90 bits per heavy atom. The summed E-state index contributed by atoms with van der Waals surface area (Å²) in [6, 6.07) is 13.7. The molecular formula is C17H15BrClNO. The van der Waals surface area contributed by atoms with Gasteiger partial charge in [-0.1, -0.05) is 51.8 Å². The lowest BCUT2D eigenvalue weighted by molar-refractivity contribution is 0.0933. The number of nitrogens with one attached hydrogen (secondary N) is 1. The van der Waals surface area contributed by atoms with Crippen molar-refractivity contribution in [3.63, 3.8) is 0 Å². The second kappa shape index (κ2) is 6.20. The molecule has 0 bridgehead atoms. The van der Waals surface area contributed by atoms with Gasteiger partial charge in [-0.15, -0.1) is 0 Å². The Morgan fingerprint density at radius 1 is 1.24 bits per heavy atom. The second-order valence-corrected chi connectivity index (χ2v) is 6.56. The van der Waals surface area contributed by atoms with Crippen LogP contribution in [-0.2, 0) is 6.42 Å². The molecule has 108 valence electrons. The van der Waals surface area contributed by atoms with Crippen LogP contribution in [0, 0.1) is 0 Å². The molecule has 0 aromatic heterocycles. The van der Waals surface area contributed by atoms with Crippen molar-refractivity contribution in [1.29, 1.82) is 0 Å². The van der Waals surface area contributed by atoms with E-state index in [1.165, 1.54) is 11.1 Å². The zero-order chi connectivity index (χ0) is 14.8. The fourth-order valence-electron chi connectivity index (χ4n) is 2.81. The highest BCUT2D eigenvalue weighted by Crippen LogP contribution is 2.30. The zero-order valence-corrected chi connectivity index (χ0v) is 13.7. The smallest absolute Gasteiger partial charge is 0.253 e. The van der Waals surface area contributed by atoms with Gasteiger partial charge in [0.2, 0.25) is 0 Å². The average Bonchev–Trinajstić information content (AvgIpc) is 2.50. The summed E-state index contributed by atoms with van der Waals surface area (Å²) in [6.07, 6.45) is 3.14. The number of aryl methyl sites for hydroxylation is 1. The summed E-state index contributed by atoms with van der Waals surface area (Å²) in [5.74, 6) is -0.122. The molecule has 0 heterocycles. The molecule has 0 unspecified atom stereocenters. The highest BCUT2D eigenvalue weighted by molar-refractivity contribution is 9.10. The minimum atomic E-state index is -0.122. The van der Waals surface area contributed by atoms with Crippen LogP contribution in [0.4, 0.5) is 0 Å². The predicted octanol–water partition coefficient (Wildman–Crippen LogP) is 4.91. The van der Waals surface area contributed by atoms with E-state index in [4.69, 9.17) is 11.6 Å². The van der Waals surface area contributed by atoms with Crippen LogP contribution in [0.25, 0.3) is 0 Å². The number of carbonyl (C=O) groups excluding carboxylic acids is 1. The van der Waals surface area contributed by atoms with Crippen LogP contribution < -0.4 is 5.32 Å². The fourth-order valence-corrected chi connectivity index (χ4v) is 3.38. The first-order chi connectivity index (χ1) is 10.1. The summed E-state index contributed by atoms with van der Waals surface area (Å²) in [5, 5.41) is 3.59. The first-order valence-corrected chi connectivity index (χ1v) is 8.16. The van der Waals surface area contributed by atoms with E-state index in [1.54, 1.807) is 12.1 Å². The maximum Gasteiger partial charge on any atom is 0.253 e. The molecule has 2 aromatic rings. The van der Waals surface area contributed by atoms with Crippen molar-refractivity contribution in [2.75, 3.05) is 0 Å². The first-order valence-electron chi connectivity index (χ1n) is 6.99. The number of hydrogen-bond donors (Lipinski definition) is 1. The third-order valence-electron chi connectivity index (χ3n) is 3.85. The third kappa shape index (κ3) is 3.14. The van der Waals surface area contributed by atoms with Gasteiger partial charge in [0, 0.05) is 4.47 Å². The molecule has 2 aromatic carbocycles. The molecule has 0 saturated heterocycles. The first kappa shape index (κ1) is 14.6. The Labute approximate surface area is 137 Å². The molecule has 1 atom stereocenters. The standard InChI is InChI=1S/C17H15BrClNO/c18-12-8-9-15(19)14(10-12)17(21)20-16-7-3-5-11-4-1-2-6-13(11)16/h1-2,4,6,8-10,16H,3,5,7H2,(H,20,21)/t16-/m1/s1. The molecule has 2 nitrogen and oxygen atoms in total. The van der Waals surface area contributed by atoms with Crippen molar-refractivity contribution in [2.24, 2.45) is 0 Å². The summed E-state index contributed by atoms with van der Waals surface area (Å²) in [4.78, 5) is 12.5. The molecule has 0 fully saturated rings. The van der Waals surface area contributed by atoms with Crippen LogP contribution in [0.3, 0.4) is 0 Å². The quantitative estimate of drug-likeness (QED) is 0.806. The van der Waals surface area contributed by atoms with Gasteiger partial charge in [0.25, 0.3) is 5.91 Å². The van der Waals surface area contributed by atoms with E-state index in [0.717, 1.165) is 23.7 Å². The van der Waals surface area contributed by atoms with Crippen molar-refractivity contribution in [2.45, 2.75) is 25.3 Å². The van der Waals surface area contributed by atoms with Crippen molar-refractivity contribution in [3.8, 4) is 0 Å². The minimum absolute atomic E-state index is 0.0671. The highest BCUT2D eigenvalue weighted by Gasteiger charge is 2.22. The van der Waals surface area contributed by atoms with Crippen molar-refractivity contribution in [3.05, 3.63) is 68.7 Å². The maximum absolute atomic E-state index is 12.5. The number of fused-ring (bicyclic) bond motifs is 1. The Bertz CT molecular complexity index is 686. The average molecular weight is 365 g/mol. The summed E-state index contributed by atoms with van der Waals surface area (Å²) >= 11 is 9.50. The SMILES string of the molecule is O=C(N[C@@H]1CCCc2ccccc21)c1cc(Br)ccc1Cl. The van der Waals surface area contributed by atoms with Crippen molar-refractivity contribution < 1.29 is 4.79 Å². The van der Waals surface area contributed by atoms with Crippen LogP contribution in [-0.4, -0.2) is 5.91 Å². The summed E-state index contributed by atoms with van der Waals surface area (Å²) < 4.78 is 0.848. The van der Waals surface area contributed by atoms with Gasteiger partial charge in [-0.05, 0) is 48.6 Å². The van der Waals surface area contributed by atoms with E-state index in [-0.39, 0.29) is 11.9 Å². The zero-order valence-electron chi connectivity index (χ0n) is 11.4. The Morgan fingerprint density at radius 2 is 2.05 bits per heavy atom. The van der Waals surface area contributed by atoms with Crippen LogP contribution in [0.2, 0.25) is 5.02 Å². The normalized spacial score (nSPS) is 17.1. The van der Waals surface area contributed by atoms with E-state index >= 15 is 0 Å². The number of carbonyl (C=O) groups is 1. The third-order valence-corrected chi connectivity index (χ3v) is 4.67. The lowest BCUT2D eigenvalue weighted by atomic mass is 9.87. The molecule has 0 saturated carbocycles. The summed E-state index contributed by atoms with van der Waals surface area (Å²) in [7, 11) is 0. The van der Waals surface area contributed by atoms with Gasteiger partial charge in [0.15, 0.2) is 0 Å². The number of amides is 1. The van der Waals surface area contributed by atoms with E-state index in [0.29, 0.717) is 10.6 Å². The second-order valence-electron chi connectivity index (χ2n) is 5.24. The molecule has 1 N–H and O–H groups in total. The summed E-state index contributed by atoms with van der Waals surface area (Å²) in [6.45, 7) is 0. The number of halogens is 2. The van der Waals surface area contributed by atoms with Gasteiger partial charge >= 0.3 is 0 Å². The van der Waals surface area contributed by atoms with E-state index < -0.39 is 0 Å². The highest BCUT2D eigenvalue weighted by atomic mass is 79.9. The van der Waals surface area contributed by atoms with Crippen LogP contribution in [0.5, 0.6) is 0 Å². The molecule has 4 heteroatoms. The number of benzene rings is 2. The number of hydrogen-bond acceptors (Lipinski definition) is 1. The summed E-state index contributed by atoms with van der Waals surface area (Å²) in [5.41, 5.74) is 3.06. The fraction of sp³-hybridized carbons (Fsp3) is 0.235. The van der Waals surface area contributed by atoms with Crippen LogP contribution >= 0.6 is 27.5 Å². The monoisotopic (exact) mass is 363 g/mol. The van der Waals surface area contributed by atoms with Crippen molar-refractivity contribution >= 4 is 33.4 Å². The van der Waals surface area contributed by atoms with E-state index in [1.807, 2.05) is 18.2 Å². The maximum atomic E-state index is 12.5. The molecule has 0 aliphatic heterocycles. The predicted molar refractivity (Wildman–Crippen MR) is 88.7 cm³/mol. The molecule has 21 heavy (non-hydrogen) atoms. The molecule has 0 radical (unpaired) electrons. The molecule has 3 rings (SSSR count). The van der Waals surface area contributed by atoms with Gasteiger partial charge in [0.05, 0.1) is 16.6 Å². The van der Waals surface area contributed by atoms with Gasteiger partial charge < -0.3 is 5.32 Å². The molecule has 0 spiro atoms. The lowest BCUT2D eigenvalue weighted by Crippen LogP contribution is -2.31. The molecule has 1 aliphatic rings. The minimum Gasteiger partial charge on any atom is -0.345 e. The van der Waals surface area contributed by atoms with Gasteiger partial charge in [-0.2, -0.15) is 0 Å². The largest absolute Gasteiger partial charge is 0.345 e. The van der Waals surface area contributed by atoms with Crippen LogP contribution in [0.15, 0.2) is 46.9 Å². The van der Waals surface area contributed by atoms with Gasteiger partial charge in [-0.25, -0.2) is 0 Å². The van der Waals surface area contributed by atoms with E-state index in [9.17, 15) is 4.79 Å². The lowest BCUT2D eigenvalue weighted by Gasteiger charge is -2.26. The topological polar surface area (TPSA) is 29.1 Å². The van der Waals surface area contributed by atoms with E-state index in [2.05, 4.69) is 33.4 Å². The van der Waals surface area contributed by atoms with Gasteiger partial charge in [-0.3, -0.25) is 4.79 Å². The Hall–Kier alpha value is -1.32. The Balaban J connectivity index is 1.84.